The molecule has 12 heteroatoms. The van der Waals surface area contributed by atoms with Crippen LogP contribution in [-0.4, -0.2) is 118 Å². The highest BCUT2D eigenvalue weighted by Gasteiger charge is 2.52. The fraction of sp³-hybridized carbons (Fsp3) is 0.824. The smallest absolute Gasteiger partial charge is 0.303 e. The third-order valence-corrected chi connectivity index (χ3v) is 4.64. The van der Waals surface area contributed by atoms with Gasteiger partial charge in [0.25, 0.3) is 0 Å². The zero-order valence-corrected chi connectivity index (χ0v) is 15.8. The Labute approximate surface area is 166 Å². The van der Waals surface area contributed by atoms with Crippen molar-refractivity contribution in [1.29, 1.82) is 0 Å². The van der Waals surface area contributed by atoms with E-state index in [0.29, 0.717) is 0 Å². The van der Waals surface area contributed by atoms with Gasteiger partial charge in [-0.2, -0.15) is 0 Å². The first-order chi connectivity index (χ1) is 13.7. The highest BCUT2D eigenvalue weighted by molar-refractivity contribution is 5.66. The number of ether oxygens (including phenoxy) is 5. The Morgan fingerprint density at radius 2 is 1.62 bits per heavy atom. The third-order valence-electron chi connectivity index (χ3n) is 4.64. The van der Waals surface area contributed by atoms with Crippen molar-refractivity contribution in [3.8, 4) is 0 Å². The SMILES string of the molecule is C=CCO[C@H]1[C@@H](O)[C@@H](CO)O[C@@H](O[C@H]2[C@H](O)[C@@H](OC(C)=O)[C@@H](O)O[C@@H]2CO)[C@@H]1O. The van der Waals surface area contributed by atoms with Gasteiger partial charge in [-0.25, -0.2) is 0 Å². The number of carbonyl (C=O) groups is 1. The van der Waals surface area contributed by atoms with Crippen LogP contribution in [0.4, 0.5) is 0 Å². The van der Waals surface area contributed by atoms with E-state index in [-0.39, 0.29) is 6.61 Å². The minimum Gasteiger partial charge on any atom is -0.454 e. The largest absolute Gasteiger partial charge is 0.454 e. The molecule has 2 rings (SSSR count). The summed E-state index contributed by atoms with van der Waals surface area (Å²) in [5.74, 6) is -0.798. The summed E-state index contributed by atoms with van der Waals surface area (Å²) in [7, 11) is 0. The molecule has 2 saturated heterocycles. The van der Waals surface area contributed by atoms with Gasteiger partial charge in [0, 0.05) is 6.92 Å². The van der Waals surface area contributed by atoms with E-state index in [1.54, 1.807) is 0 Å². The average molecular weight is 424 g/mol. The van der Waals surface area contributed by atoms with E-state index >= 15 is 0 Å². The van der Waals surface area contributed by atoms with Gasteiger partial charge in [0.2, 0.25) is 0 Å². The first-order valence-electron chi connectivity index (χ1n) is 9.05. The van der Waals surface area contributed by atoms with Crippen LogP contribution >= 0.6 is 0 Å². The molecule has 2 heterocycles. The summed E-state index contributed by atoms with van der Waals surface area (Å²) in [5.41, 5.74) is 0. The number of hydrogen-bond acceptors (Lipinski definition) is 12. The fourth-order valence-corrected chi connectivity index (χ4v) is 3.24. The molecule has 0 amide bonds. The Morgan fingerprint density at radius 3 is 2.17 bits per heavy atom. The molecule has 0 bridgehead atoms. The van der Waals surface area contributed by atoms with Crippen LogP contribution in [-0.2, 0) is 28.5 Å². The van der Waals surface area contributed by atoms with Crippen LogP contribution in [0.1, 0.15) is 6.92 Å². The second-order valence-corrected chi connectivity index (χ2v) is 6.71. The van der Waals surface area contributed by atoms with E-state index in [4.69, 9.17) is 23.7 Å². The number of carbonyl (C=O) groups excluding carboxylic acids is 1. The van der Waals surface area contributed by atoms with E-state index in [9.17, 15) is 35.4 Å². The zero-order chi connectivity index (χ0) is 21.7. The van der Waals surface area contributed by atoms with Crippen molar-refractivity contribution < 1.29 is 59.1 Å². The standard InChI is InChI=1S/C17H28O12/c1-3-4-25-14-10(21)8(5-18)28-17(12(14)23)29-13-9(6-19)27-16(24)15(11(13)22)26-7(2)20/h3,8-19,21-24H,1,4-6H2,2H3/t8-,9-,10+,11+,12-,13-,14+,15-,16+,17+/m1/s1. The molecule has 29 heavy (non-hydrogen) atoms. The molecule has 0 spiro atoms. The van der Waals surface area contributed by atoms with E-state index in [1.807, 2.05) is 0 Å². The van der Waals surface area contributed by atoms with Crippen LogP contribution < -0.4 is 0 Å². The summed E-state index contributed by atoms with van der Waals surface area (Å²) in [5, 5.41) is 60.1. The van der Waals surface area contributed by atoms with Gasteiger partial charge in [-0.15, -0.1) is 6.58 Å². The van der Waals surface area contributed by atoms with Gasteiger partial charge < -0.3 is 54.3 Å². The lowest BCUT2D eigenvalue weighted by molar-refractivity contribution is -0.357. The third kappa shape index (κ3) is 5.49. The van der Waals surface area contributed by atoms with Gasteiger partial charge in [0.05, 0.1) is 19.8 Å². The summed E-state index contributed by atoms with van der Waals surface area (Å²) in [6, 6.07) is 0. The summed E-state index contributed by atoms with van der Waals surface area (Å²) >= 11 is 0. The maximum absolute atomic E-state index is 11.2. The number of aliphatic hydroxyl groups excluding tert-OH is 6. The highest BCUT2D eigenvalue weighted by Crippen LogP contribution is 2.30. The molecule has 0 saturated carbocycles. The predicted molar refractivity (Wildman–Crippen MR) is 92.1 cm³/mol. The van der Waals surface area contributed by atoms with E-state index < -0.39 is 80.6 Å². The minimum absolute atomic E-state index is 0.0151. The molecule has 0 aromatic heterocycles. The van der Waals surface area contributed by atoms with Crippen molar-refractivity contribution in [3.05, 3.63) is 12.7 Å². The second kappa shape index (κ2) is 10.7. The van der Waals surface area contributed by atoms with Crippen LogP contribution in [0, 0.1) is 0 Å². The molecular formula is C17H28O12. The van der Waals surface area contributed by atoms with Crippen molar-refractivity contribution in [3.63, 3.8) is 0 Å². The molecular weight excluding hydrogens is 396 g/mol. The van der Waals surface area contributed by atoms with Crippen LogP contribution in [0.2, 0.25) is 0 Å². The maximum atomic E-state index is 11.2. The summed E-state index contributed by atoms with van der Waals surface area (Å²) in [4.78, 5) is 11.2. The molecule has 0 aliphatic carbocycles. The number of esters is 1. The van der Waals surface area contributed by atoms with Crippen LogP contribution in [0.5, 0.6) is 0 Å². The quantitative estimate of drug-likeness (QED) is 0.166. The van der Waals surface area contributed by atoms with Crippen molar-refractivity contribution in [2.24, 2.45) is 0 Å². The number of aliphatic hydroxyl groups is 6. The summed E-state index contributed by atoms with van der Waals surface area (Å²) < 4.78 is 26.3. The normalized spacial score (nSPS) is 43.0. The molecule has 2 aliphatic heterocycles. The molecule has 0 unspecified atom stereocenters. The van der Waals surface area contributed by atoms with Gasteiger partial charge in [-0.1, -0.05) is 6.08 Å². The molecule has 12 nitrogen and oxygen atoms in total. The Morgan fingerprint density at radius 1 is 0.966 bits per heavy atom. The van der Waals surface area contributed by atoms with E-state index in [1.165, 1.54) is 6.08 Å². The molecule has 6 N–H and O–H groups in total. The first kappa shape index (κ1) is 24.1. The Hall–Kier alpha value is -1.19. The Bertz CT molecular complexity index is 545. The molecule has 168 valence electrons. The summed E-state index contributed by atoms with van der Waals surface area (Å²) in [6.07, 6.45) is -13.0. The number of rotatable bonds is 8. The Kier molecular flexibility index (Phi) is 8.91. The van der Waals surface area contributed by atoms with Gasteiger partial charge in [-0.05, 0) is 0 Å². The van der Waals surface area contributed by atoms with Gasteiger partial charge in [0.15, 0.2) is 18.7 Å². The lowest BCUT2D eigenvalue weighted by Crippen LogP contribution is -2.65. The lowest BCUT2D eigenvalue weighted by atomic mass is 9.96. The lowest BCUT2D eigenvalue weighted by Gasteiger charge is -2.46. The minimum atomic E-state index is -1.72. The second-order valence-electron chi connectivity index (χ2n) is 6.71. The zero-order valence-electron chi connectivity index (χ0n) is 15.8. The monoisotopic (exact) mass is 424 g/mol. The van der Waals surface area contributed by atoms with Crippen molar-refractivity contribution in [1.82, 2.24) is 0 Å². The van der Waals surface area contributed by atoms with Crippen molar-refractivity contribution >= 4 is 5.97 Å². The summed E-state index contributed by atoms with van der Waals surface area (Å²) in [6.45, 7) is 3.22. The number of hydrogen-bond donors (Lipinski definition) is 6. The molecule has 0 aromatic carbocycles. The van der Waals surface area contributed by atoms with Gasteiger partial charge in [0.1, 0.15) is 42.7 Å². The highest BCUT2D eigenvalue weighted by atomic mass is 16.7. The van der Waals surface area contributed by atoms with E-state index in [2.05, 4.69) is 6.58 Å². The first-order valence-corrected chi connectivity index (χ1v) is 9.05. The molecule has 0 radical (unpaired) electrons. The molecule has 0 aromatic rings. The predicted octanol–water partition coefficient (Wildman–Crippen LogP) is -3.62. The van der Waals surface area contributed by atoms with Gasteiger partial charge >= 0.3 is 5.97 Å². The Balaban J connectivity index is 2.20. The maximum Gasteiger partial charge on any atom is 0.303 e. The molecule has 2 fully saturated rings. The van der Waals surface area contributed by atoms with Crippen LogP contribution in [0.25, 0.3) is 0 Å². The molecule has 2 aliphatic rings. The fourth-order valence-electron chi connectivity index (χ4n) is 3.24. The van der Waals surface area contributed by atoms with Crippen LogP contribution in [0.15, 0.2) is 12.7 Å². The van der Waals surface area contributed by atoms with Crippen molar-refractivity contribution in [2.45, 2.75) is 68.3 Å². The average Bonchev–Trinajstić information content (AvgIpc) is 2.68. The van der Waals surface area contributed by atoms with Crippen molar-refractivity contribution in [2.75, 3.05) is 19.8 Å². The topological polar surface area (TPSA) is 185 Å². The molecule has 10 atom stereocenters. The van der Waals surface area contributed by atoms with Crippen LogP contribution in [0.3, 0.4) is 0 Å². The van der Waals surface area contributed by atoms with E-state index in [0.717, 1.165) is 6.92 Å². The van der Waals surface area contributed by atoms with Gasteiger partial charge in [-0.3, -0.25) is 4.79 Å².